The summed E-state index contributed by atoms with van der Waals surface area (Å²) in [5.41, 5.74) is 8.58. The Kier molecular flexibility index (Phi) is 4.73. The van der Waals surface area contributed by atoms with Crippen molar-refractivity contribution in [3.63, 3.8) is 0 Å². The summed E-state index contributed by atoms with van der Waals surface area (Å²) in [6.45, 7) is 11.0. The largest absolute Gasteiger partial charge is 0.368 e. The third kappa shape index (κ3) is 3.88. The van der Waals surface area contributed by atoms with E-state index in [4.69, 9.17) is 5.73 Å². The minimum absolute atomic E-state index is 0.185. The van der Waals surface area contributed by atoms with Crippen LogP contribution in [0.2, 0.25) is 0 Å². The third-order valence-corrected chi connectivity index (χ3v) is 4.28. The van der Waals surface area contributed by atoms with Crippen LogP contribution < -0.4 is 5.73 Å². The zero-order valence-corrected chi connectivity index (χ0v) is 13.7. The second kappa shape index (κ2) is 6.35. The summed E-state index contributed by atoms with van der Waals surface area (Å²) in [5, 5.41) is 8.85. The van der Waals surface area contributed by atoms with E-state index in [1.54, 1.807) is 17.8 Å². The number of hydrogen-bond donors (Lipinski definition) is 1. The number of rotatable bonds is 5. The lowest BCUT2D eigenvalue weighted by Gasteiger charge is -2.19. The average molecular weight is 302 g/mol. The summed E-state index contributed by atoms with van der Waals surface area (Å²) in [6, 6.07) is 8.73. The number of anilines is 1. The summed E-state index contributed by atoms with van der Waals surface area (Å²) < 4.78 is 1.86. The molecule has 0 atom stereocenters. The second-order valence-corrected chi connectivity index (χ2v) is 6.92. The molecule has 21 heavy (non-hydrogen) atoms. The lowest BCUT2D eigenvalue weighted by atomic mass is 9.87. The van der Waals surface area contributed by atoms with Gasteiger partial charge in [-0.15, -0.1) is 16.8 Å². The van der Waals surface area contributed by atoms with Crippen molar-refractivity contribution in [3.05, 3.63) is 48.0 Å². The Morgan fingerprint density at radius 1 is 1.24 bits per heavy atom. The molecule has 0 spiro atoms. The van der Waals surface area contributed by atoms with Crippen LogP contribution in [-0.2, 0) is 17.7 Å². The first kappa shape index (κ1) is 15.6. The number of hydrogen-bond acceptors (Lipinski definition) is 4. The van der Waals surface area contributed by atoms with E-state index in [0.29, 0.717) is 12.5 Å². The summed E-state index contributed by atoms with van der Waals surface area (Å²) in [4.78, 5) is 0. The van der Waals surface area contributed by atoms with Crippen molar-refractivity contribution in [2.45, 2.75) is 43.6 Å². The molecule has 0 amide bonds. The molecule has 0 aliphatic carbocycles. The Balaban J connectivity index is 2.05. The first-order valence-electron chi connectivity index (χ1n) is 6.93. The quantitative estimate of drug-likeness (QED) is 0.677. The normalized spacial score (nSPS) is 11.6. The molecule has 0 saturated carbocycles. The standard InChI is InChI=1S/C16H22N4S/c1-5-10-20-14(17)18-19-15(20)21-11-12-6-8-13(9-7-12)16(2,3)4/h5-9H,1,10-11H2,2-4H3,(H2,17,18). The number of allylic oxidation sites excluding steroid dienone is 1. The van der Waals surface area contributed by atoms with Crippen molar-refractivity contribution >= 4 is 17.7 Å². The Labute approximate surface area is 130 Å². The van der Waals surface area contributed by atoms with E-state index in [2.05, 4.69) is 61.8 Å². The second-order valence-electron chi connectivity index (χ2n) is 5.98. The van der Waals surface area contributed by atoms with Crippen LogP contribution in [0.25, 0.3) is 0 Å². The van der Waals surface area contributed by atoms with Gasteiger partial charge in [-0.1, -0.05) is 62.9 Å². The zero-order chi connectivity index (χ0) is 15.5. The first-order chi connectivity index (χ1) is 9.91. The third-order valence-electron chi connectivity index (χ3n) is 3.25. The molecule has 0 aliphatic rings. The molecule has 2 rings (SSSR count). The molecular formula is C16H22N4S. The van der Waals surface area contributed by atoms with Gasteiger partial charge >= 0.3 is 0 Å². The molecule has 5 heteroatoms. The van der Waals surface area contributed by atoms with E-state index < -0.39 is 0 Å². The molecule has 4 nitrogen and oxygen atoms in total. The molecule has 2 aromatic rings. The minimum atomic E-state index is 0.185. The highest BCUT2D eigenvalue weighted by Gasteiger charge is 2.13. The van der Waals surface area contributed by atoms with Gasteiger partial charge in [0.1, 0.15) is 0 Å². The maximum absolute atomic E-state index is 5.79. The highest BCUT2D eigenvalue weighted by molar-refractivity contribution is 7.98. The zero-order valence-electron chi connectivity index (χ0n) is 12.8. The molecule has 2 N–H and O–H groups in total. The van der Waals surface area contributed by atoms with Gasteiger partial charge in [0.15, 0.2) is 5.16 Å². The number of nitrogens with two attached hydrogens (primary N) is 1. The predicted molar refractivity (Wildman–Crippen MR) is 89.3 cm³/mol. The highest BCUT2D eigenvalue weighted by Crippen LogP contribution is 2.26. The maximum Gasteiger partial charge on any atom is 0.222 e. The number of aromatic nitrogens is 3. The van der Waals surface area contributed by atoms with Crippen LogP contribution in [0, 0.1) is 0 Å². The number of benzene rings is 1. The van der Waals surface area contributed by atoms with Gasteiger partial charge in [0.05, 0.1) is 0 Å². The molecule has 112 valence electrons. The minimum Gasteiger partial charge on any atom is -0.368 e. The Morgan fingerprint density at radius 2 is 1.90 bits per heavy atom. The van der Waals surface area contributed by atoms with Gasteiger partial charge in [-0.05, 0) is 16.5 Å². The number of thioether (sulfide) groups is 1. The molecule has 0 unspecified atom stereocenters. The monoisotopic (exact) mass is 302 g/mol. The molecule has 1 aromatic heterocycles. The van der Waals surface area contributed by atoms with E-state index in [1.165, 1.54) is 11.1 Å². The van der Waals surface area contributed by atoms with Gasteiger partial charge in [0.2, 0.25) is 5.95 Å². The van der Waals surface area contributed by atoms with Crippen molar-refractivity contribution < 1.29 is 0 Å². The number of nitrogens with zero attached hydrogens (tertiary/aromatic N) is 3. The van der Waals surface area contributed by atoms with Crippen LogP contribution in [0.3, 0.4) is 0 Å². The lowest BCUT2D eigenvalue weighted by Crippen LogP contribution is -2.10. The fourth-order valence-electron chi connectivity index (χ4n) is 1.96. The number of nitrogen functional groups attached to an aromatic ring is 1. The van der Waals surface area contributed by atoms with Gasteiger partial charge in [0.25, 0.3) is 0 Å². The van der Waals surface area contributed by atoms with Crippen molar-refractivity contribution in [3.8, 4) is 0 Å². The summed E-state index contributed by atoms with van der Waals surface area (Å²) >= 11 is 1.64. The van der Waals surface area contributed by atoms with E-state index in [1.807, 2.05) is 4.57 Å². The van der Waals surface area contributed by atoms with Crippen molar-refractivity contribution in [1.29, 1.82) is 0 Å². The Bertz CT molecular complexity index is 608. The van der Waals surface area contributed by atoms with E-state index in [9.17, 15) is 0 Å². The highest BCUT2D eigenvalue weighted by atomic mass is 32.2. The van der Waals surface area contributed by atoms with E-state index >= 15 is 0 Å². The van der Waals surface area contributed by atoms with E-state index in [-0.39, 0.29) is 5.41 Å². The van der Waals surface area contributed by atoms with Crippen molar-refractivity contribution in [1.82, 2.24) is 14.8 Å². The topological polar surface area (TPSA) is 56.7 Å². The van der Waals surface area contributed by atoms with Crippen molar-refractivity contribution in [2.24, 2.45) is 0 Å². The molecule has 0 bridgehead atoms. The van der Waals surface area contributed by atoms with Gasteiger partial charge in [0, 0.05) is 12.3 Å². The molecule has 0 aliphatic heterocycles. The van der Waals surface area contributed by atoms with Crippen LogP contribution in [-0.4, -0.2) is 14.8 Å². The summed E-state index contributed by atoms with van der Waals surface area (Å²) in [5.74, 6) is 1.28. The van der Waals surface area contributed by atoms with Crippen LogP contribution in [0.15, 0.2) is 42.1 Å². The molecule has 0 fully saturated rings. The lowest BCUT2D eigenvalue weighted by molar-refractivity contribution is 0.590. The van der Waals surface area contributed by atoms with Crippen LogP contribution in [0.1, 0.15) is 31.9 Å². The molecule has 1 aromatic carbocycles. The fraction of sp³-hybridized carbons (Fsp3) is 0.375. The summed E-state index contributed by atoms with van der Waals surface area (Å²) in [6.07, 6.45) is 1.79. The maximum atomic E-state index is 5.79. The van der Waals surface area contributed by atoms with E-state index in [0.717, 1.165) is 10.9 Å². The van der Waals surface area contributed by atoms with Crippen LogP contribution in [0.5, 0.6) is 0 Å². The SMILES string of the molecule is C=CCn1c(N)nnc1SCc1ccc(C(C)(C)C)cc1. The van der Waals surface area contributed by atoms with Gasteiger partial charge in [-0.25, -0.2) is 0 Å². The predicted octanol–water partition coefficient (Wildman–Crippen LogP) is 3.64. The molecule has 0 radical (unpaired) electrons. The average Bonchev–Trinajstić information content (AvgIpc) is 2.78. The van der Waals surface area contributed by atoms with Crippen molar-refractivity contribution in [2.75, 3.05) is 5.73 Å². The van der Waals surface area contributed by atoms with Crippen LogP contribution >= 0.6 is 11.8 Å². The van der Waals surface area contributed by atoms with Gasteiger partial charge in [-0.3, -0.25) is 4.57 Å². The van der Waals surface area contributed by atoms with Gasteiger partial charge < -0.3 is 5.73 Å². The van der Waals surface area contributed by atoms with Crippen LogP contribution in [0.4, 0.5) is 5.95 Å². The Morgan fingerprint density at radius 3 is 2.48 bits per heavy atom. The summed E-state index contributed by atoms with van der Waals surface area (Å²) in [7, 11) is 0. The molecule has 0 saturated heterocycles. The van der Waals surface area contributed by atoms with Gasteiger partial charge in [-0.2, -0.15) is 0 Å². The first-order valence-corrected chi connectivity index (χ1v) is 7.92. The fourth-order valence-corrected chi connectivity index (χ4v) is 2.87. The smallest absolute Gasteiger partial charge is 0.222 e. The Hall–Kier alpha value is -1.75. The molecular weight excluding hydrogens is 280 g/mol. The molecule has 1 heterocycles.